The minimum atomic E-state index is -1.49. The van der Waals surface area contributed by atoms with Gasteiger partial charge in [0.1, 0.15) is 0 Å². The van der Waals surface area contributed by atoms with Gasteiger partial charge in [-0.05, 0) is 30.5 Å². The van der Waals surface area contributed by atoms with E-state index in [1.807, 2.05) is 0 Å². The average molecular weight is 240 g/mol. The minimum absolute atomic E-state index is 0.630. The van der Waals surface area contributed by atoms with Crippen LogP contribution in [0.1, 0.15) is 46.5 Å². The highest BCUT2D eigenvalue weighted by Gasteiger charge is 2.35. The lowest BCUT2D eigenvalue weighted by atomic mass is 9.97. The van der Waals surface area contributed by atoms with E-state index in [1.165, 1.54) is 5.20 Å². The molecule has 0 aromatic carbocycles. The first-order chi connectivity index (χ1) is 7.31. The number of rotatable bonds is 6. The molecule has 1 N–H and O–H groups in total. The van der Waals surface area contributed by atoms with Crippen molar-refractivity contribution in [2.45, 2.75) is 71.7 Å². The zero-order valence-electron chi connectivity index (χ0n) is 11.9. The quantitative estimate of drug-likeness (QED) is 0.542. The molecule has 0 aliphatic rings. The van der Waals surface area contributed by atoms with Crippen LogP contribution in [0.3, 0.4) is 0 Å². The van der Waals surface area contributed by atoms with Crippen LogP contribution in [0.2, 0.25) is 19.6 Å². The SMILES string of the molecule is CCCC=C=C(C(O)(CC)CC)[Si](C)(C)C. The van der Waals surface area contributed by atoms with Crippen molar-refractivity contribution >= 4 is 8.07 Å². The summed E-state index contributed by atoms with van der Waals surface area (Å²) in [6.45, 7) is 13.1. The molecule has 0 aromatic rings. The summed E-state index contributed by atoms with van der Waals surface area (Å²) in [5.41, 5.74) is 2.78. The lowest BCUT2D eigenvalue weighted by molar-refractivity contribution is 0.0767. The molecule has 0 atom stereocenters. The first-order valence-electron chi connectivity index (χ1n) is 6.50. The minimum Gasteiger partial charge on any atom is -0.385 e. The second kappa shape index (κ2) is 6.44. The van der Waals surface area contributed by atoms with Gasteiger partial charge in [-0.2, -0.15) is 0 Å². The van der Waals surface area contributed by atoms with Crippen LogP contribution in [-0.2, 0) is 0 Å². The lowest BCUT2D eigenvalue weighted by Crippen LogP contribution is -2.41. The van der Waals surface area contributed by atoms with Crippen LogP contribution in [0.15, 0.2) is 17.0 Å². The maximum atomic E-state index is 10.6. The van der Waals surface area contributed by atoms with E-state index in [2.05, 4.69) is 52.2 Å². The van der Waals surface area contributed by atoms with Crippen LogP contribution >= 0.6 is 0 Å². The fourth-order valence-electron chi connectivity index (χ4n) is 1.97. The maximum absolute atomic E-state index is 10.6. The summed E-state index contributed by atoms with van der Waals surface area (Å²) in [6, 6.07) is 0. The van der Waals surface area contributed by atoms with E-state index >= 15 is 0 Å². The number of aliphatic hydroxyl groups is 1. The summed E-state index contributed by atoms with van der Waals surface area (Å²) in [6.07, 6.45) is 5.87. The Kier molecular flexibility index (Phi) is 6.31. The molecule has 0 spiro atoms. The van der Waals surface area contributed by atoms with Crippen molar-refractivity contribution < 1.29 is 5.11 Å². The van der Waals surface area contributed by atoms with E-state index in [1.54, 1.807) is 0 Å². The molecule has 16 heavy (non-hydrogen) atoms. The Morgan fingerprint density at radius 3 is 2.00 bits per heavy atom. The van der Waals surface area contributed by atoms with Crippen LogP contribution in [0, 0.1) is 0 Å². The fourth-order valence-corrected chi connectivity index (χ4v) is 4.26. The molecule has 0 saturated carbocycles. The zero-order valence-corrected chi connectivity index (χ0v) is 12.9. The molecule has 0 rings (SSSR count). The van der Waals surface area contributed by atoms with Crippen molar-refractivity contribution in [3.63, 3.8) is 0 Å². The molecular weight excluding hydrogens is 212 g/mol. The summed E-state index contributed by atoms with van der Waals surface area (Å²) in [7, 11) is -1.49. The van der Waals surface area contributed by atoms with Crippen LogP contribution in [0.25, 0.3) is 0 Å². The fraction of sp³-hybridized carbons (Fsp3) is 0.786. The van der Waals surface area contributed by atoms with Gasteiger partial charge in [-0.25, -0.2) is 0 Å². The second-order valence-corrected chi connectivity index (χ2v) is 10.5. The highest BCUT2D eigenvalue weighted by atomic mass is 28.3. The van der Waals surface area contributed by atoms with Gasteiger partial charge < -0.3 is 5.11 Å². The van der Waals surface area contributed by atoms with Crippen LogP contribution < -0.4 is 0 Å². The highest BCUT2D eigenvalue weighted by molar-refractivity contribution is 6.83. The van der Waals surface area contributed by atoms with E-state index in [4.69, 9.17) is 0 Å². The Labute approximate surface area is 102 Å². The van der Waals surface area contributed by atoms with E-state index in [0.717, 1.165) is 25.7 Å². The summed E-state index contributed by atoms with van der Waals surface area (Å²) < 4.78 is 0. The standard InChI is InChI=1S/C14H28OSi/c1-7-10-11-12-13(16(4,5)6)14(15,8-2)9-3/h11,15H,7-10H2,1-6H3. The van der Waals surface area contributed by atoms with Gasteiger partial charge in [-0.1, -0.05) is 46.8 Å². The Morgan fingerprint density at radius 1 is 1.19 bits per heavy atom. The van der Waals surface area contributed by atoms with Gasteiger partial charge in [0.25, 0.3) is 0 Å². The van der Waals surface area contributed by atoms with Crippen LogP contribution in [0.5, 0.6) is 0 Å². The molecule has 2 heteroatoms. The van der Waals surface area contributed by atoms with Gasteiger partial charge in [-0.15, -0.1) is 5.73 Å². The van der Waals surface area contributed by atoms with E-state index in [0.29, 0.717) is 0 Å². The molecule has 0 amide bonds. The monoisotopic (exact) mass is 240 g/mol. The third-order valence-electron chi connectivity index (χ3n) is 3.06. The van der Waals surface area contributed by atoms with Crippen molar-refractivity contribution in [2.24, 2.45) is 0 Å². The summed E-state index contributed by atoms with van der Waals surface area (Å²) in [5.74, 6) is 0. The van der Waals surface area contributed by atoms with Gasteiger partial charge in [-0.3, -0.25) is 0 Å². The molecule has 0 aliphatic heterocycles. The topological polar surface area (TPSA) is 20.2 Å². The third kappa shape index (κ3) is 4.29. The molecule has 94 valence electrons. The maximum Gasteiger partial charge on any atom is 0.0888 e. The van der Waals surface area contributed by atoms with Crippen molar-refractivity contribution in [2.75, 3.05) is 0 Å². The first-order valence-corrected chi connectivity index (χ1v) is 10.00. The second-order valence-electron chi connectivity index (χ2n) is 5.50. The molecule has 0 saturated heterocycles. The van der Waals surface area contributed by atoms with Gasteiger partial charge >= 0.3 is 0 Å². The average Bonchev–Trinajstić information content (AvgIpc) is 2.22. The van der Waals surface area contributed by atoms with Crippen molar-refractivity contribution in [3.05, 3.63) is 17.0 Å². The molecule has 0 unspecified atom stereocenters. The molecular formula is C14H28OSi. The smallest absolute Gasteiger partial charge is 0.0888 e. The van der Waals surface area contributed by atoms with Gasteiger partial charge in [0.2, 0.25) is 0 Å². The highest BCUT2D eigenvalue weighted by Crippen LogP contribution is 2.31. The predicted octanol–water partition coefficient (Wildman–Crippen LogP) is 4.30. The third-order valence-corrected chi connectivity index (χ3v) is 5.17. The van der Waals surface area contributed by atoms with E-state index in [9.17, 15) is 5.11 Å². The van der Waals surface area contributed by atoms with Gasteiger partial charge in [0, 0.05) is 0 Å². The van der Waals surface area contributed by atoms with Crippen LogP contribution in [-0.4, -0.2) is 18.8 Å². The van der Waals surface area contributed by atoms with Crippen molar-refractivity contribution in [3.8, 4) is 0 Å². The van der Waals surface area contributed by atoms with Crippen molar-refractivity contribution in [1.82, 2.24) is 0 Å². The van der Waals surface area contributed by atoms with E-state index in [-0.39, 0.29) is 0 Å². The number of hydrogen-bond donors (Lipinski definition) is 1. The van der Waals surface area contributed by atoms with Crippen LogP contribution in [0.4, 0.5) is 0 Å². The lowest BCUT2D eigenvalue weighted by Gasteiger charge is -2.34. The Morgan fingerprint density at radius 2 is 1.69 bits per heavy atom. The predicted molar refractivity (Wildman–Crippen MR) is 75.4 cm³/mol. The molecule has 0 heterocycles. The summed E-state index contributed by atoms with van der Waals surface area (Å²) in [4.78, 5) is 0. The Balaban J connectivity index is 5.34. The molecule has 0 fully saturated rings. The molecule has 0 radical (unpaired) electrons. The first kappa shape index (κ1) is 15.7. The molecule has 0 bridgehead atoms. The van der Waals surface area contributed by atoms with Gasteiger partial charge in [0.15, 0.2) is 0 Å². The zero-order chi connectivity index (χ0) is 12.8. The van der Waals surface area contributed by atoms with E-state index < -0.39 is 13.7 Å². The summed E-state index contributed by atoms with van der Waals surface area (Å²) in [5, 5.41) is 11.8. The largest absolute Gasteiger partial charge is 0.385 e. The van der Waals surface area contributed by atoms with Crippen molar-refractivity contribution in [1.29, 1.82) is 0 Å². The molecule has 1 nitrogen and oxygen atoms in total. The number of hydrogen-bond acceptors (Lipinski definition) is 1. The molecule has 0 aromatic heterocycles. The van der Waals surface area contributed by atoms with Gasteiger partial charge in [0.05, 0.1) is 13.7 Å². The Bertz CT molecular complexity index is 263. The normalized spacial score (nSPS) is 12.2. The number of unbranched alkanes of at least 4 members (excludes halogenated alkanes) is 1. The summed E-state index contributed by atoms with van der Waals surface area (Å²) >= 11 is 0. The molecule has 0 aliphatic carbocycles. The Hall–Kier alpha value is -0.303.